The molecule has 2 rings (SSSR count). The quantitative estimate of drug-likeness (QED) is 0.653. The minimum atomic E-state index is 0.582. The molecule has 0 aromatic heterocycles. The molecule has 2 atom stereocenters. The Kier molecular flexibility index (Phi) is 3.68. The molecule has 2 fully saturated rings. The molecule has 2 heteroatoms. The van der Waals surface area contributed by atoms with Crippen LogP contribution in [0, 0.1) is 17.3 Å². The van der Waals surface area contributed by atoms with Gasteiger partial charge in [-0.1, -0.05) is 6.92 Å². The van der Waals surface area contributed by atoms with E-state index in [2.05, 4.69) is 19.2 Å². The molecule has 0 spiro atoms. The van der Waals surface area contributed by atoms with Gasteiger partial charge in [0.2, 0.25) is 0 Å². The van der Waals surface area contributed by atoms with Crippen LogP contribution in [0.1, 0.15) is 39.5 Å². The van der Waals surface area contributed by atoms with E-state index in [0.717, 1.165) is 31.6 Å². The second kappa shape index (κ2) is 4.84. The van der Waals surface area contributed by atoms with E-state index in [4.69, 9.17) is 4.74 Å². The number of fused-ring (bicyclic) bond motifs is 1. The van der Waals surface area contributed by atoms with Crippen LogP contribution in [-0.4, -0.2) is 26.3 Å². The highest BCUT2D eigenvalue weighted by molar-refractivity contribution is 5.03. The summed E-state index contributed by atoms with van der Waals surface area (Å²) in [6, 6.07) is 0. The van der Waals surface area contributed by atoms with Crippen LogP contribution in [0.2, 0.25) is 0 Å². The van der Waals surface area contributed by atoms with Crippen molar-refractivity contribution < 1.29 is 4.74 Å². The Bertz CT molecular complexity index is 195. The third-order valence-corrected chi connectivity index (χ3v) is 4.19. The first kappa shape index (κ1) is 11.4. The average Bonchev–Trinajstić information content (AvgIpc) is 2.85. The zero-order valence-electron chi connectivity index (χ0n) is 10.2. The molecule has 0 aliphatic heterocycles. The largest absolute Gasteiger partial charge is 0.382 e. The van der Waals surface area contributed by atoms with Crippen molar-refractivity contribution >= 4 is 0 Å². The van der Waals surface area contributed by atoms with E-state index in [1.165, 1.54) is 32.2 Å². The number of ether oxygens (including phenoxy) is 1. The van der Waals surface area contributed by atoms with Crippen molar-refractivity contribution in [2.24, 2.45) is 17.3 Å². The van der Waals surface area contributed by atoms with Crippen LogP contribution >= 0.6 is 0 Å². The van der Waals surface area contributed by atoms with E-state index in [1.807, 2.05) is 0 Å². The Morgan fingerprint density at radius 3 is 2.60 bits per heavy atom. The Balaban J connectivity index is 1.79. The minimum Gasteiger partial charge on any atom is -0.382 e. The van der Waals surface area contributed by atoms with E-state index in [0.29, 0.717) is 5.41 Å². The third-order valence-electron chi connectivity index (χ3n) is 4.19. The summed E-state index contributed by atoms with van der Waals surface area (Å²) in [7, 11) is 0. The fourth-order valence-electron chi connectivity index (χ4n) is 3.27. The lowest BCUT2D eigenvalue weighted by Crippen LogP contribution is -2.34. The predicted octanol–water partition coefficient (Wildman–Crippen LogP) is 2.44. The summed E-state index contributed by atoms with van der Waals surface area (Å²) in [5, 5.41) is 3.54. The first-order valence-electron chi connectivity index (χ1n) is 6.58. The van der Waals surface area contributed by atoms with E-state index < -0.39 is 0 Å². The van der Waals surface area contributed by atoms with Gasteiger partial charge in [-0.3, -0.25) is 0 Å². The number of hydrogen-bond acceptors (Lipinski definition) is 2. The Morgan fingerprint density at radius 2 is 2.00 bits per heavy atom. The molecular formula is C13H25NO. The molecule has 2 aliphatic carbocycles. The molecule has 15 heavy (non-hydrogen) atoms. The van der Waals surface area contributed by atoms with Crippen LogP contribution in [0.15, 0.2) is 0 Å². The fraction of sp³-hybridized carbons (Fsp3) is 1.00. The van der Waals surface area contributed by atoms with Gasteiger partial charge >= 0.3 is 0 Å². The van der Waals surface area contributed by atoms with Crippen LogP contribution in [-0.2, 0) is 4.74 Å². The lowest BCUT2D eigenvalue weighted by molar-refractivity contribution is 0.0975. The Morgan fingerprint density at radius 1 is 1.27 bits per heavy atom. The molecule has 0 aromatic carbocycles. The molecule has 0 amide bonds. The minimum absolute atomic E-state index is 0.582. The van der Waals surface area contributed by atoms with Gasteiger partial charge in [-0.2, -0.15) is 0 Å². The smallest absolute Gasteiger partial charge is 0.0471 e. The summed E-state index contributed by atoms with van der Waals surface area (Å²) in [6.45, 7) is 8.43. The predicted molar refractivity (Wildman–Crippen MR) is 62.9 cm³/mol. The summed E-state index contributed by atoms with van der Waals surface area (Å²) >= 11 is 0. The molecule has 0 aromatic rings. The zero-order valence-corrected chi connectivity index (χ0v) is 10.2. The molecule has 2 nitrogen and oxygen atoms in total. The van der Waals surface area contributed by atoms with Gasteiger partial charge in [0.05, 0.1) is 0 Å². The fourth-order valence-corrected chi connectivity index (χ4v) is 3.27. The highest BCUT2D eigenvalue weighted by Gasteiger charge is 2.52. The van der Waals surface area contributed by atoms with Crippen LogP contribution in [0.5, 0.6) is 0 Å². The normalized spacial score (nSPS) is 38.0. The Labute approximate surface area is 93.8 Å². The monoisotopic (exact) mass is 211 g/mol. The van der Waals surface area contributed by atoms with Crippen LogP contribution in [0.3, 0.4) is 0 Å². The maximum Gasteiger partial charge on any atom is 0.0471 e. The van der Waals surface area contributed by atoms with Crippen molar-refractivity contribution in [3.8, 4) is 0 Å². The van der Waals surface area contributed by atoms with Gasteiger partial charge in [-0.25, -0.2) is 0 Å². The summed E-state index contributed by atoms with van der Waals surface area (Å²) in [5.74, 6) is 2.15. The Hall–Kier alpha value is -0.0800. The average molecular weight is 211 g/mol. The maximum absolute atomic E-state index is 5.52. The second-order valence-electron chi connectivity index (χ2n) is 5.39. The molecule has 2 saturated carbocycles. The molecule has 2 unspecified atom stereocenters. The number of hydrogen-bond donors (Lipinski definition) is 1. The summed E-state index contributed by atoms with van der Waals surface area (Å²) in [6.07, 6.45) is 5.69. The first-order valence-corrected chi connectivity index (χ1v) is 6.58. The van der Waals surface area contributed by atoms with Crippen molar-refractivity contribution in [3.63, 3.8) is 0 Å². The highest BCUT2D eigenvalue weighted by atomic mass is 16.5. The van der Waals surface area contributed by atoms with Crippen molar-refractivity contribution in [3.05, 3.63) is 0 Å². The van der Waals surface area contributed by atoms with Gasteiger partial charge in [0.25, 0.3) is 0 Å². The van der Waals surface area contributed by atoms with Crippen LogP contribution < -0.4 is 5.32 Å². The molecule has 1 N–H and O–H groups in total. The van der Waals surface area contributed by atoms with Crippen LogP contribution in [0.25, 0.3) is 0 Å². The molecule has 0 bridgehead atoms. The molecule has 0 heterocycles. The molecule has 0 radical (unpaired) electrons. The van der Waals surface area contributed by atoms with Gasteiger partial charge in [0.1, 0.15) is 0 Å². The maximum atomic E-state index is 5.52. The van der Waals surface area contributed by atoms with Gasteiger partial charge in [-0.05, 0) is 56.4 Å². The summed E-state index contributed by atoms with van der Waals surface area (Å²) in [5.41, 5.74) is 0.582. The van der Waals surface area contributed by atoms with Crippen molar-refractivity contribution in [1.29, 1.82) is 0 Å². The lowest BCUT2D eigenvalue weighted by Gasteiger charge is -2.31. The van der Waals surface area contributed by atoms with Gasteiger partial charge in [0.15, 0.2) is 0 Å². The summed E-state index contributed by atoms with van der Waals surface area (Å²) in [4.78, 5) is 0. The van der Waals surface area contributed by atoms with Gasteiger partial charge in [-0.15, -0.1) is 0 Å². The molecule has 2 aliphatic rings. The zero-order chi connectivity index (χ0) is 10.7. The van der Waals surface area contributed by atoms with E-state index >= 15 is 0 Å². The summed E-state index contributed by atoms with van der Waals surface area (Å²) < 4.78 is 5.52. The molecule has 0 saturated heterocycles. The van der Waals surface area contributed by atoms with Crippen LogP contribution in [0.4, 0.5) is 0 Å². The topological polar surface area (TPSA) is 21.3 Å². The highest BCUT2D eigenvalue weighted by Crippen LogP contribution is 2.60. The van der Waals surface area contributed by atoms with Gasteiger partial charge < -0.3 is 10.1 Å². The van der Waals surface area contributed by atoms with E-state index in [9.17, 15) is 0 Å². The molecule has 88 valence electrons. The standard InChI is InChI=1S/C13H25NO/c1-3-14-10-13(5-6-15-4-2)8-11-7-12(11)9-13/h11-12,14H,3-10H2,1-2H3. The SMILES string of the molecule is CCNCC1(CCOCC)CC2CC2C1. The van der Waals surface area contributed by atoms with Crippen molar-refractivity contribution in [1.82, 2.24) is 5.32 Å². The number of rotatable bonds is 7. The van der Waals surface area contributed by atoms with E-state index in [-0.39, 0.29) is 0 Å². The third kappa shape index (κ3) is 2.73. The second-order valence-corrected chi connectivity index (χ2v) is 5.39. The van der Waals surface area contributed by atoms with Crippen molar-refractivity contribution in [2.45, 2.75) is 39.5 Å². The number of nitrogens with one attached hydrogen (secondary N) is 1. The van der Waals surface area contributed by atoms with E-state index in [1.54, 1.807) is 0 Å². The molecular weight excluding hydrogens is 186 g/mol. The van der Waals surface area contributed by atoms with Crippen molar-refractivity contribution in [2.75, 3.05) is 26.3 Å². The lowest BCUT2D eigenvalue weighted by atomic mass is 9.80. The van der Waals surface area contributed by atoms with Gasteiger partial charge in [0, 0.05) is 19.8 Å². The first-order chi connectivity index (χ1) is 7.29.